The Bertz CT molecular complexity index is 1420. The molecule has 0 radical (unpaired) electrons. The van der Waals surface area contributed by atoms with Crippen LogP contribution in [0, 0.1) is 11.7 Å². The Morgan fingerprint density at radius 3 is 2.64 bits per heavy atom. The van der Waals surface area contributed by atoms with E-state index in [1.807, 2.05) is 18.3 Å². The molecule has 0 atom stereocenters. The van der Waals surface area contributed by atoms with E-state index in [1.54, 1.807) is 31.5 Å². The summed E-state index contributed by atoms with van der Waals surface area (Å²) < 4.78 is 27.0. The van der Waals surface area contributed by atoms with E-state index in [9.17, 15) is 9.18 Å². The first-order chi connectivity index (χ1) is 19.0. The zero-order valence-electron chi connectivity index (χ0n) is 22.5. The molecule has 8 heteroatoms. The molecule has 0 N–H and O–H groups in total. The van der Waals surface area contributed by atoms with Crippen LogP contribution in [0.1, 0.15) is 43.7 Å². The molecule has 3 aromatic heterocycles. The Balaban J connectivity index is 1.29. The van der Waals surface area contributed by atoms with Gasteiger partial charge < -0.3 is 9.47 Å². The number of halogens is 1. The monoisotopic (exact) mass is 547 g/mol. The van der Waals surface area contributed by atoms with Gasteiger partial charge in [-0.1, -0.05) is 19.1 Å². The number of pyridine rings is 2. The molecule has 0 bridgehead atoms. The van der Waals surface area contributed by atoms with Gasteiger partial charge in [0, 0.05) is 51.5 Å². The number of hydrogen-bond acceptors (Lipinski definition) is 7. The van der Waals surface area contributed by atoms with Crippen LogP contribution >= 0.6 is 11.3 Å². The van der Waals surface area contributed by atoms with Crippen LogP contribution in [0.5, 0.6) is 11.5 Å². The number of hydrogen-bond donors (Lipinski definition) is 0. The summed E-state index contributed by atoms with van der Waals surface area (Å²) in [6, 6.07) is 12.6. The van der Waals surface area contributed by atoms with Gasteiger partial charge in [-0.05, 0) is 67.1 Å². The van der Waals surface area contributed by atoms with Crippen molar-refractivity contribution in [3.8, 4) is 22.1 Å². The molecular formula is C31H34FN3O3S. The second-order valence-corrected chi connectivity index (χ2v) is 11.2. The lowest BCUT2D eigenvalue weighted by Crippen LogP contribution is -2.27. The highest BCUT2D eigenvalue weighted by Crippen LogP contribution is 2.39. The van der Waals surface area contributed by atoms with Gasteiger partial charge in [-0.15, -0.1) is 11.3 Å². The zero-order chi connectivity index (χ0) is 27.2. The van der Waals surface area contributed by atoms with Crippen LogP contribution in [0.2, 0.25) is 0 Å². The van der Waals surface area contributed by atoms with Gasteiger partial charge in [-0.25, -0.2) is 4.39 Å². The van der Waals surface area contributed by atoms with E-state index in [-0.39, 0.29) is 18.0 Å². The number of fused-ring (bicyclic) bond motifs is 1. The molecule has 1 aliphatic carbocycles. The maximum atomic E-state index is 14.9. The van der Waals surface area contributed by atoms with Crippen molar-refractivity contribution < 1.29 is 18.7 Å². The Hall–Kier alpha value is -3.20. The van der Waals surface area contributed by atoms with Gasteiger partial charge in [-0.3, -0.25) is 19.7 Å². The normalized spacial score (nSPS) is 13.3. The molecule has 1 saturated carbocycles. The number of carbonyl (C=O) groups excluding carboxylic acids is 1. The van der Waals surface area contributed by atoms with Crippen LogP contribution in [-0.2, 0) is 22.5 Å². The minimum absolute atomic E-state index is 0.128. The highest BCUT2D eigenvalue weighted by Gasteiger charge is 2.24. The quantitative estimate of drug-likeness (QED) is 0.168. The second kappa shape index (κ2) is 12.8. The fourth-order valence-electron chi connectivity index (χ4n) is 4.65. The lowest BCUT2D eigenvalue weighted by atomic mass is 10.0. The third-order valence-electron chi connectivity index (χ3n) is 6.84. The summed E-state index contributed by atoms with van der Waals surface area (Å²) >= 11 is 1.52. The lowest BCUT2D eigenvalue weighted by molar-refractivity contribution is -0.118. The smallest absolute Gasteiger partial charge is 0.166 e. The first kappa shape index (κ1) is 27.4. The van der Waals surface area contributed by atoms with Crippen molar-refractivity contribution in [1.82, 2.24) is 14.9 Å². The summed E-state index contributed by atoms with van der Waals surface area (Å²) in [7, 11) is 1.73. The molecule has 204 valence electrons. The Morgan fingerprint density at radius 1 is 1.08 bits per heavy atom. The molecule has 3 heterocycles. The van der Waals surface area contributed by atoms with E-state index in [2.05, 4.69) is 22.9 Å². The molecule has 39 heavy (non-hydrogen) atoms. The molecule has 4 aromatic rings. The summed E-state index contributed by atoms with van der Waals surface area (Å²) in [6.07, 6.45) is 7.79. The molecule has 0 spiro atoms. The number of nitrogens with zero attached hydrogens (tertiary/aromatic N) is 3. The Morgan fingerprint density at radius 2 is 1.92 bits per heavy atom. The van der Waals surface area contributed by atoms with Gasteiger partial charge in [0.1, 0.15) is 11.5 Å². The van der Waals surface area contributed by atoms with Gasteiger partial charge in [0.25, 0.3) is 0 Å². The van der Waals surface area contributed by atoms with E-state index < -0.39 is 5.82 Å². The van der Waals surface area contributed by atoms with Crippen molar-refractivity contribution in [1.29, 1.82) is 0 Å². The number of ketones is 1. The average molecular weight is 548 g/mol. The summed E-state index contributed by atoms with van der Waals surface area (Å²) in [5, 5.41) is 0. The molecular weight excluding hydrogens is 513 g/mol. The largest absolute Gasteiger partial charge is 0.453 e. The zero-order valence-corrected chi connectivity index (χ0v) is 23.3. The number of methoxy groups -OCH3 is 1. The van der Waals surface area contributed by atoms with Crippen LogP contribution in [0.3, 0.4) is 0 Å². The van der Waals surface area contributed by atoms with Crippen molar-refractivity contribution in [2.45, 2.75) is 45.6 Å². The fourth-order valence-corrected chi connectivity index (χ4v) is 5.69. The minimum Gasteiger partial charge on any atom is -0.453 e. The highest BCUT2D eigenvalue weighted by molar-refractivity contribution is 7.22. The third kappa shape index (κ3) is 7.26. The molecule has 0 saturated heterocycles. The predicted octanol–water partition coefficient (Wildman–Crippen LogP) is 7.06. The summed E-state index contributed by atoms with van der Waals surface area (Å²) in [6.45, 7) is 5.61. The van der Waals surface area contributed by atoms with Crippen molar-refractivity contribution in [3.63, 3.8) is 0 Å². The van der Waals surface area contributed by atoms with Crippen LogP contribution < -0.4 is 4.74 Å². The second-order valence-electron chi connectivity index (χ2n) is 10.2. The maximum absolute atomic E-state index is 14.9. The van der Waals surface area contributed by atoms with Gasteiger partial charge in [0.2, 0.25) is 0 Å². The lowest BCUT2D eigenvalue weighted by Gasteiger charge is -2.21. The van der Waals surface area contributed by atoms with E-state index in [1.165, 1.54) is 17.4 Å². The van der Waals surface area contributed by atoms with Crippen molar-refractivity contribution in [2.75, 3.05) is 26.8 Å². The van der Waals surface area contributed by atoms with E-state index in [0.29, 0.717) is 30.3 Å². The number of benzene rings is 1. The molecule has 0 aliphatic heterocycles. The SMILES string of the molecule is CCCN(CCOC)Cc1ccc(-c2cc3nccc(Oc4ccc(CC(=O)CC5CC5)cc4F)c3s2)nc1. The first-order valence-corrected chi connectivity index (χ1v) is 14.4. The molecule has 1 aliphatic rings. The molecule has 0 amide bonds. The standard InChI is InChI=1S/C31H34FN3O3S/c1-3-12-35(13-14-37-2)20-23-6-8-26(34-19-23)30-18-27-31(39-30)29(10-11-33-27)38-28-9-7-22(17-25(28)32)16-24(36)15-21-4-5-21/h6-11,17-19,21H,3-5,12-16,20H2,1-2H3. The minimum atomic E-state index is -0.478. The van der Waals surface area contributed by atoms with E-state index >= 15 is 0 Å². The average Bonchev–Trinajstić information content (AvgIpc) is 3.63. The van der Waals surface area contributed by atoms with E-state index in [4.69, 9.17) is 14.5 Å². The number of Topliss-reactive ketones (excluding diaryl/α,β-unsaturated/α-hetero) is 1. The van der Waals surface area contributed by atoms with Crippen LogP contribution in [-0.4, -0.2) is 47.5 Å². The number of thiophene rings is 1. The third-order valence-corrected chi connectivity index (χ3v) is 8.00. The Labute approximate surface area is 232 Å². The topological polar surface area (TPSA) is 64.6 Å². The van der Waals surface area contributed by atoms with Crippen LogP contribution in [0.15, 0.2) is 54.9 Å². The predicted molar refractivity (Wildman–Crippen MR) is 153 cm³/mol. The molecule has 1 fully saturated rings. The summed E-state index contributed by atoms with van der Waals surface area (Å²) in [5.41, 5.74) is 3.46. The van der Waals surface area contributed by atoms with Crippen LogP contribution in [0.4, 0.5) is 4.39 Å². The fraction of sp³-hybridized carbons (Fsp3) is 0.387. The van der Waals surface area contributed by atoms with Crippen molar-refractivity contribution >= 4 is 27.3 Å². The summed E-state index contributed by atoms with van der Waals surface area (Å²) in [4.78, 5) is 24.7. The highest BCUT2D eigenvalue weighted by atomic mass is 32.1. The van der Waals surface area contributed by atoms with E-state index in [0.717, 1.165) is 65.2 Å². The molecule has 6 nitrogen and oxygen atoms in total. The number of carbonyl (C=O) groups is 1. The van der Waals surface area contributed by atoms with Gasteiger partial charge in [0.05, 0.1) is 27.4 Å². The first-order valence-electron chi connectivity index (χ1n) is 13.6. The van der Waals surface area contributed by atoms with Crippen molar-refractivity contribution in [3.05, 3.63) is 71.8 Å². The van der Waals surface area contributed by atoms with Gasteiger partial charge >= 0.3 is 0 Å². The van der Waals surface area contributed by atoms with Crippen LogP contribution in [0.25, 0.3) is 20.8 Å². The van der Waals surface area contributed by atoms with Gasteiger partial charge in [0.15, 0.2) is 11.6 Å². The maximum Gasteiger partial charge on any atom is 0.166 e. The summed E-state index contributed by atoms with van der Waals surface area (Å²) in [5.74, 6) is 0.887. The number of rotatable bonds is 14. The molecule has 1 aromatic carbocycles. The number of ether oxygens (including phenoxy) is 2. The number of aromatic nitrogens is 2. The molecule has 0 unspecified atom stereocenters. The van der Waals surface area contributed by atoms with Gasteiger partial charge in [-0.2, -0.15) is 0 Å². The molecule has 5 rings (SSSR count). The Kier molecular flexibility index (Phi) is 8.96. The van der Waals surface area contributed by atoms with Crippen molar-refractivity contribution in [2.24, 2.45) is 5.92 Å².